The Balaban J connectivity index is 1.89. The number of carbonyl (C=O) groups is 1. The highest BCUT2D eigenvalue weighted by Gasteiger charge is 2.07. The molecule has 0 saturated carbocycles. The van der Waals surface area contributed by atoms with Gasteiger partial charge in [-0.2, -0.15) is 5.10 Å². The molecule has 0 radical (unpaired) electrons. The van der Waals surface area contributed by atoms with Crippen molar-refractivity contribution in [3.8, 4) is 5.75 Å². The zero-order valence-electron chi connectivity index (χ0n) is 14.3. The zero-order valence-corrected chi connectivity index (χ0v) is 14.3. The van der Waals surface area contributed by atoms with Crippen molar-refractivity contribution in [2.24, 2.45) is 5.10 Å². The van der Waals surface area contributed by atoms with Crippen LogP contribution >= 0.6 is 0 Å². The summed E-state index contributed by atoms with van der Waals surface area (Å²) in [5.74, 6) is -1.06. The van der Waals surface area contributed by atoms with Crippen molar-refractivity contribution in [2.75, 3.05) is 6.61 Å². The van der Waals surface area contributed by atoms with Gasteiger partial charge in [0.25, 0.3) is 5.91 Å². The number of halogens is 2. The molecule has 0 saturated heterocycles. The van der Waals surface area contributed by atoms with E-state index < -0.39 is 17.5 Å². The summed E-state index contributed by atoms with van der Waals surface area (Å²) < 4.78 is 32.2. The Labute approximate surface area is 145 Å². The molecule has 0 unspecified atom stereocenters. The molecule has 0 aliphatic carbocycles. The first-order chi connectivity index (χ1) is 11.9. The van der Waals surface area contributed by atoms with Gasteiger partial charge in [0.05, 0.1) is 11.8 Å². The van der Waals surface area contributed by atoms with Crippen LogP contribution in [0.2, 0.25) is 0 Å². The molecule has 2 aromatic rings. The number of carbonyl (C=O) groups excluding carboxylic acids is 1. The predicted molar refractivity (Wildman–Crippen MR) is 92.9 cm³/mol. The van der Waals surface area contributed by atoms with E-state index in [0.717, 1.165) is 23.9 Å². The number of hydrazone groups is 1. The second kappa shape index (κ2) is 8.37. The zero-order chi connectivity index (χ0) is 18.4. The van der Waals surface area contributed by atoms with Gasteiger partial charge in [-0.15, -0.1) is 0 Å². The molecular weight excluding hydrogens is 326 g/mol. The average Bonchev–Trinajstić information content (AvgIpc) is 2.55. The molecule has 0 aliphatic heterocycles. The standard InChI is InChI=1S/C19H20F2N2O2/c1-12(2)15-8-7-14(9-13(15)3)25-11-19(24)23-22-10-16-17(20)5-4-6-18(16)21/h4-10,12H,11H2,1-3H3,(H,23,24)/b22-10-. The van der Waals surface area contributed by atoms with E-state index in [1.54, 1.807) is 6.07 Å². The van der Waals surface area contributed by atoms with Crippen LogP contribution < -0.4 is 10.2 Å². The maximum Gasteiger partial charge on any atom is 0.277 e. The third kappa shape index (κ3) is 5.11. The molecule has 25 heavy (non-hydrogen) atoms. The first kappa shape index (κ1) is 18.6. The quantitative estimate of drug-likeness (QED) is 0.636. The van der Waals surface area contributed by atoms with Crippen LogP contribution in [0.1, 0.15) is 36.5 Å². The van der Waals surface area contributed by atoms with Crippen LogP contribution in [0.25, 0.3) is 0 Å². The third-order valence-electron chi connectivity index (χ3n) is 3.62. The molecule has 0 aliphatic rings. The first-order valence-electron chi connectivity index (χ1n) is 7.87. The van der Waals surface area contributed by atoms with E-state index in [1.807, 2.05) is 19.1 Å². The number of nitrogens with zero attached hydrogens (tertiary/aromatic N) is 1. The lowest BCUT2D eigenvalue weighted by atomic mass is 9.98. The van der Waals surface area contributed by atoms with E-state index in [1.165, 1.54) is 11.6 Å². The molecule has 0 atom stereocenters. The number of nitrogens with one attached hydrogen (secondary N) is 1. The van der Waals surface area contributed by atoms with Gasteiger partial charge in [-0.25, -0.2) is 14.2 Å². The number of hydrogen-bond donors (Lipinski definition) is 1. The first-order valence-corrected chi connectivity index (χ1v) is 7.87. The molecule has 132 valence electrons. The van der Waals surface area contributed by atoms with E-state index in [0.29, 0.717) is 11.7 Å². The third-order valence-corrected chi connectivity index (χ3v) is 3.62. The van der Waals surface area contributed by atoms with Crippen molar-refractivity contribution in [1.29, 1.82) is 0 Å². The molecule has 0 bridgehead atoms. The Morgan fingerprint density at radius 3 is 2.52 bits per heavy atom. The molecule has 0 heterocycles. The van der Waals surface area contributed by atoms with Crippen LogP contribution in [0.4, 0.5) is 8.78 Å². The minimum Gasteiger partial charge on any atom is -0.484 e. The van der Waals surface area contributed by atoms with E-state index in [2.05, 4.69) is 24.4 Å². The number of hydrogen-bond acceptors (Lipinski definition) is 3. The Bertz CT molecular complexity index is 769. The topological polar surface area (TPSA) is 50.7 Å². The minimum atomic E-state index is -0.755. The van der Waals surface area contributed by atoms with Crippen LogP contribution in [-0.4, -0.2) is 18.7 Å². The Hall–Kier alpha value is -2.76. The SMILES string of the molecule is Cc1cc(OCC(=O)N/N=C\c2c(F)cccc2F)ccc1C(C)C. The molecule has 0 aromatic heterocycles. The number of aryl methyl sites for hydroxylation is 1. The van der Waals surface area contributed by atoms with Crippen molar-refractivity contribution >= 4 is 12.1 Å². The van der Waals surface area contributed by atoms with E-state index in [9.17, 15) is 13.6 Å². The van der Waals surface area contributed by atoms with Crippen LogP contribution in [0.15, 0.2) is 41.5 Å². The van der Waals surface area contributed by atoms with Gasteiger partial charge < -0.3 is 4.74 Å². The molecule has 2 aromatic carbocycles. The highest BCUT2D eigenvalue weighted by Crippen LogP contribution is 2.23. The Morgan fingerprint density at radius 2 is 1.92 bits per heavy atom. The molecule has 6 heteroatoms. The number of benzene rings is 2. The maximum atomic E-state index is 13.4. The van der Waals surface area contributed by atoms with Crippen molar-refractivity contribution < 1.29 is 18.3 Å². The predicted octanol–water partition coefficient (Wildman–Crippen LogP) is 3.93. The summed E-state index contributed by atoms with van der Waals surface area (Å²) in [4.78, 5) is 11.7. The van der Waals surface area contributed by atoms with Gasteiger partial charge in [-0.3, -0.25) is 4.79 Å². The normalized spacial score (nSPS) is 11.1. The molecule has 0 spiro atoms. The number of rotatable bonds is 6. The van der Waals surface area contributed by atoms with Crippen LogP contribution in [-0.2, 0) is 4.79 Å². The maximum absolute atomic E-state index is 13.4. The van der Waals surface area contributed by atoms with Crippen molar-refractivity contribution in [2.45, 2.75) is 26.7 Å². The summed E-state index contributed by atoms with van der Waals surface area (Å²) >= 11 is 0. The van der Waals surface area contributed by atoms with Crippen molar-refractivity contribution in [3.63, 3.8) is 0 Å². The number of ether oxygens (including phenoxy) is 1. The van der Waals surface area contributed by atoms with Gasteiger partial charge in [0.1, 0.15) is 17.4 Å². The van der Waals surface area contributed by atoms with E-state index in [-0.39, 0.29) is 12.2 Å². The monoisotopic (exact) mass is 346 g/mol. The Kier molecular flexibility index (Phi) is 6.22. The molecule has 2 rings (SSSR count). The summed E-state index contributed by atoms with van der Waals surface area (Å²) in [6.45, 7) is 5.94. The van der Waals surface area contributed by atoms with Gasteiger partial charge >= 0.3 is 0 Å². The lowest BCUT2D eigenvalue weighted by Crippen LogP contribution is -2.24. The summed E-state index contributed by atoms with van der Waals surface area (Å²) in [6.07, 6.45) is 0.921. The smallest absolute Gasteiger partial charge is 0.277 e. The summed E-state index contributed by atoms with van der Waals surface area (Å²) in [5, 5.41) is 3.55. The Morgan fingerprint density at radius 1 is 1.24 bits per heavy atom. The second-order valence-electron chi connectivity index (χ2n) is 5.89. The van der Waals surface area contributed by atoms with Crippen LogP contribution in [0.5, 0.6) is 5.75 Å². The fourth-order valence-electron chi connectivity index (χ4n) is 2.37. The second-order valence-corrected chi connectivity index (χ2v) is 5.89. The molecule has 4 nitrogen and oxygen atoms in total. The van der Waals surface area contributed by atoms with Gasteiger partial charge in [0.15, 0.2) is 6.61 Å². The average molecular weight is 346 g/mol. The van der Waals surface area contributed by atoms with Gasteiger partial charge in [0, 0.05) is 0 Å². The van der Waals surface area contributed by atoms with Crippen molar-refractivity contribution in [1.82, 2.24) is 5.43 Å². The van der Waals surface area contributed by atoms with Crippen molar-refractivity contribution in [3.05, 3.63) is 64.7 Å². The van der Waals surface area contributed by atoms with E-state index in [4.69, 9.17) is 4.74 Å². The minimum absolute atomic E-state index is 0.252. The lowest BCUT2D eigenvalue weighted by molar-refractivity contribution is -0.123. The van der Waals surface area contributed by atoms with Gasteiger partial charge in [0.2, 0.25) is 0 Å². The summed E-state index contributed by atoms with van der Waals surface area (Å²) in [7, 11) is 0. The fourth-order valence-corrected chi connectivity index (χ4v) is 2.37. The summed E-state index contributed by atoms with van der Waals surface area (Å²) in [6, 6.07) is 9.10. The van der Waals surface area contributed by atoms with Gasteiger partial charge in [-0.1, -0.05) is 26.0 Å². The summed E-state index contributed by atoms with van der Waals surface area (Å²) in [5.41, 5.74) is 4.16. The lowest BCUT2D eigenvalue weighted by Gasteiger charge is -2.12. The van der Waals surface area contributed by atoms with Crippen LogP contribution in [0, 0.1) is 18.6 Å². The number of amides is 1. The largest absolute Gasteiger partial charge is 0.484 e. The fraction of sp³-hybridized carbons (Fsp3) is 0.263. The van der Waals surface area contributed by atoms with E-state index >= 15 is 0 Å². The highest BCUT2D eigenvalue weighted by atomic mass is 19.1. The molecule has 0 fully saturated rings. The molecular formula is C19H20F2N2O2. The highest BCUT2D eigenvalue weighted by molar-refractivity contribution is 5.83. The molecule has 1 N–H and O–H groups in total. The van der Waals surface area contributed by atoms with Gasteiger partial charge in [-0.05, 0) is 48.2 Å². The van der Waals surface area contributed by atoms with Crippen LogP contribution in [0.3, 0.4) is 0 Å². The molecule has 1 amide bonds.